The summed E-state index contributed by atoms with van der Waals surface area (Å²) >= 11 is 0. The number of esters is 1. The van der Waals surface area contributed by atoms with Crippen LogP contribution in [0, 0.1) is 5.82 Å². The van der Waals surface area contributed by atoms with Crippen molar-refractivity contribution < 1.29 is 23.4 Å². The molecule has 1 heterocycles. The van der Waals surface area contributed by atoms with Crippen molar-refractivity contribution in [3.8, 4) is 5.75 Å². The lowest BCUT2D eigenvalue weighted by Crippen LogP contribution is -2.44. The van der Waals surface area contributed by atoms with Crippen LogP contribution >= 0.6 is 0 Å². The maximum absolute atomic E-state index is 13.4. The molecule has 1 fully saturated rings. The quantitative estimate of drug-likeness (QED) is 0.744. The van der Waals surface area contributed by atoms with Crippen molar-refractivity contribution in [3.05, 3.63) is 30.1 Å². The van der Waals surface area contributed by atoms with Gasteiger partial charge in [-0.05, 0) is 12.1 Å². The molecule has 1 aliphatic heterocycles. The highest BCUT2D eigenvalue weighted by atomic mass is 19.1. The molecule has 5 nitrogen and oxygen atoms in total. The monoisotopic (exact) mass is 297 g/mol. The van der Waals surface area contributed by atoms with E-state index in [4.69, 9.17) is 9.47 Å². The van der Waals surface area contributed by atoms with E-state index in [-0.39, 0.29) is 30.1 Å². The van der Waals surface area contributed by atoms with Gasteiger partial charge in [-0.15, -0.1) is 0 Å². The van der Waals surface area contributed by atoms with Gasteiger partial charge >= 0.3 is 5.97 Å². The van der Waals surface area contributed by atoms with Gasteiger partial charge in [0.25, 0.3) is 0 Å². The van der Waals surface area contributed by atoms with Crippen molar-refractivity contribution in [1.82, 2.24) is 4.90 Å². The van der Waals surface area contributed by atoms with Crippen molar-refractivity contribution >= 4 is 5.97 Å². The van der Waals surface area contributed by atoms with Crippen molar-refractivity contribution in [3.63, 3.8) is 0 Å². The van der Waals surface area contributed by atoms with Crippen LogP contribution in [0.1, 0.15) is 6.42 Å². The number of hydrogen-bond donors (Lipinski definition) is 0. The third-order valence-corrected chi connectivity index (χ3v) is 3.35. The van der Waals surface area contributed by atoms with Gasteiger partial charge in [-0.1, -0.05) is 12.1 Å². The second-order valence-corrected chi connectivity index (χ2v) is 4.85. The summed E-state index contributed by atoms with van der Waals surface area (Å²) < 4.78 is 29.0. The Labute approximate surface area is 123 Å². The van der Waals surface area contributed by atoms with E-state index in [0.29, 0.717) is 26.3 Å². The maximum Gasteiger partial charge on any atom is 0.308 e. The Morgan fingerprint density at radius 3 is 3.05 bits per heavy atom. The summed E-state index contributed by atoms with van der Waals surface area (Å²) in [5, 5.41) is 0. The number of hydrogen-bond acceptors (Lipinski definition) is 5. The zero-order valence-electron chi connectivity index (χ0n) is 12.1. The Bertz CT molecular complexity index is 469. The first kappa shape index (κ1) is 15.7. The predicted molar refractivity (Wildman–Crippen MR) is 74.7 cm³/mol. The van der Waals surface area contributed by atoms with E-state index in [9.17, 15) is 9.18 Å². The van der Waals surface area contributed by atoms with Gasteiger partial charge in [0, 0.05) is 19.6 Å². The van der Waals surface area contributed by atoms with Crippen LogP contribution in [0.3, 0.4) is 0 Å². The van der Waals surface area contributed by atoms with Crippen molar-refractivity contribution in [1.29, 1.82) is 0 Å². The Kier molecular flexibility index (Phi) is 5.95. The molecular weight excluding hydrogens is 277 g/mol. The molecule has 1 aromatic rings. The first-order valence-corrected chi connectivity index (χ1v) is 6.97. The molecule has 116 valence electrons. The highest BCUT2D eigenvalue weighted by molar-refractivity contribution is 5.69. The van der Waals surface area contributed by atoms with Crippen LogP contribution in [0.2, 0.25) is 0 Å². The summed E-state index contributed by atoms with van der Waals surface area (Å²) in [6, 6.07) is 6.34. The highest BCUT2D eigenvalue weighted by Crippen LogP contribution is 2.15. The molecule has 0 N–H and O–H groups in total. The van der Waals surface area contributed by atoms with Gasteiger partial charge in [-0.25, -0.2) is 4.39 Å². The Morgan fingerprint density at radius 1 is 1.48 bits per heavy atom. The zero-order chi connectivity index (χ0) is 15.1. The third kappa shape index (κ3) is 4.99. The van der Waals surface area contributed by atoms with Gasteiger partial charge in [-0.3, -0.25) is 9.69 Å². The molecule has 1 aromatic carbocycles. The fraction of sp³-hybridized carbons (Fsp3) is 0.533. The summed E-state index contributed by atoms with van der Waals surface area (Å²) in [5.41, 5.74) is 0. The van der Waals surface area contributed by atoms with E-state index in [2.05, 4.69) is 9.64 Å². The van der Waals surface area contributed by atoms with Gasteiger partial charge < -0.3 is 14.2 Å². The lowest BCUT2D eigenvalue weighted by Gasteiger charge is -2.32. The number of carbonyl (C=O) groups excluding carboxylic acids is 1. The summed E-state index contributed by atoms with van der Waals surface area (Å²) in [4.78, 5) is 13.4. The summed E-state index contributed by atoms with van der Waals surface area (Å²) in [6.45, 7) is 3.05. The number of halogens is 1. The molecule has 0 amide bonds. The molecule has 0 spiro atoms. The van der Waals surface area contributed by atoms with Crippen molar-refractivity contribution in [2.75, 3.05) is 40.0 Å². The maximum atomic E-state index is 13.4. The number of morpholine rings is 1. The van der Waals surface area contributed by atoms with Gasteiger partial charge in [0.1, 0.15) is 6.61 Å². The minimum absolute atomic E-state index is 0.153. The standard InChI is InChI=1S/C15H20FNO4/c1-19-15(18)10-12-11-17(6-8-20-12)7-9-21-14-5-3-2-4-13(14)16/h2-5,12H,6-11H2,1H3. The smallest absolute Gasteiger partial charge is 0.308 e. The molecule has 1 aliphatic rings. The van der Waals surface area contributed by atoms with Crippen molar-refractivity contribution in [2.24, 2.45) is 0 Å². The first-order chi connectivity index (χ1) is 10.2. The molecule has 2 rings (SSSR count). The largest absolute Gasteiger partial charge is 0.489 e. The fourth-order valence-electron chi connectivity index (χ4n) is 2.22. The van der Waals surface area contributed by atoms with Crippen LogP contribution in [0.25, 0.3) is 0 Å². The second-order valence-electron chi connectivity index (χ2n) is 4.85. The van der Waals surface area contributed by atoms with E-state index >= 15 is 0 Å². The normalized spacial score (nSPS) is 19.2. The summed E-state index contributed by atoms with van der Waals surface area (Å²) in [5.74, 6) is -0.371. The van der Waals surface area contributed by atoms with Crippen LogP contribution in [-0.4, -0.2) is 56.9 Å². The molecule has 6 heteroatoms. The number of benzene rings is 1. The number of methoxy groups -OCH3 is 1. The predicted octanol–water partition coefficient (Wildman–Crippen LogP) is 1.47. The number of nitrogens with zero attached hydrogens (tertiary/aromatic N) is 1. The average molecular weight is 297 g/mol. The Balaban J connectivity index is 1.73. The van der Waals surface area contributed by atoms with E-state index in [1.165, 1.54) is 13.2 Å². The van der Waals surface area contributed by atoms with E-state index in [1.807, 2.05) is 0 Å². The molecule has 0 saturated carbocycles. The van der Waals surface area contributed by atoms with Crippen LogP contribution in [0.4, 0.5) is 4.39 Å². The van der Waals surface area contributed by atoms with Crippen LogP contribution in [0.5, 0.6) is 5.75 Å². The molecule has 1 atom stereocenters. The fourth-order valence-corrected chi connectivity index (χ4v) is 2.22. The molecule has 0 bridgehead atoms. The molecule has 21 heavy (non-hydrogen) atoms. The SMILES string of the molecule is COC(=O)CC1CN(CCOc2ccccc2F)CCO1. The molecule has 1 unspecified atom stereocenters. The Morgan fingerprint density at radius 2 is 2.29 bits per heavy atom. The summed E-state index contributed by atoms with van der Waals surface area (Å²) in [6.07, 6.45) is 0.0981. The minimum Gasteiger partial charge on any atom is -0.489 e. The molecule has 0 aromatic heterocycles. The van der Waals surface area contributed by atoms with E-state index in [1.54, 1.807) is 18.2 Å². The molecule has 0 aliphatic carbocycles. The highest BCUT2D eigenvalue weighted by Gasteiger charge is 2.23. The number of carbonyl (C=O) groups is 1. The molecular formula is C15H20FNO4. The van der Waals surface area contributed by atoms with Gasteiger partial charge in [-0.2, -0.15) is 0 Å². The van der Waals surface area contributed by atoms with Gasteiger partial charge in [0.2, 0.25) is 0 Å². The second kappa shape index (κ2) is 7.95. The van der Waals surface area contributed by atoms with Gasteiger partial charge in [0.05, 0.1) is 26.2 Å². The average Bonchev–Trinajstić information content (AvgIpc) is 2.49. The minimum atomic E-state index is -0.358. The first-order valence-electron chi connectivity index (χ1n) is 6.97. The molecule has 0 radical (unpaired) electrons. The third-order valence-electron chi connectivity index (χ3n) is 3.35. The lowest BCUT2D eigenvalue weighted by atomic mass is 10.2. The van der Waals surface area contributed by atoms with Crippen LogP contribution in [0.15, 0.2) is 24.3 Å². The van der Waals surface area contributed by atoms with Gasteiger partial charge in [0.15, 0.2) is 11.6 Å². The zero-order valence-corrected chi connectivity index (χ0v) is 12.1. The topological polar surface area (TPSA) is 48.0 Å². The van der Waals surface area contributed by atoms with E-state index < -0.39 is 0 Å². The lowest BCUT2D eigenvalue weighted by molar-refractivity contribution is -0.145. The Hall–Kier alpha value is -1.66. The van der Waals surface area contributed by atoms with Crippen LogP contribution in [-0.2, 0) is 14.3 Å². The number of para-hydroxylation sites is 1. The van der Waals surface area contributed by atoms with E-state index in [0.717, 1.165) is 6.54 Å². The molecule has 1 saturated heterocycles. The summed E-state index contributed by atoms with van der Waals surface area (Å²) in [7, 11) is 1.37. The number of ether oxygens (including phenoxy) is 3. The van der Waals surface area contributed by atoms with Crippen LogP contribution < -0.4 is 4.74 Å². The number of rotatable bonds is 6. The van der Waals surface area contributed by atoms with Crippen molar-refractivity contribution in [2.45, 2.75) is 12.5 Å².